The maximum absolute atomic E-state index is 12.8. The molecule has 1 N–H and O–H groups in total. The molecule has 5 heteroatoms. The van der Waals surface area contributed by atoms with E-state index in [4.69, 9.17) is 1.37 Å². The van der Waals surface area contributed by atoms with Gasteiger partial charge in [0, 0.05) is 5.70 Å². The first-order valence-electron chi connectivity index (χ1n) is 7.78. The number of nitrogens with zero attached hydrogens (tertiary/aromatic N) is 1. The van der Waals surface area contributed by atoms with Gasteiger partial charge in [-0.2, -0.15) is 0 Å². The normalized spacial score (nSPS) is 25.4. The third-order valence-corrected chi connectivity index (χ3v) is 4.06. The zero-order valence-corrected chi connectivity index (χ0v) is 12.6. The number of imide groups is 1. The van der Waals surface area contributed by atoms with Crippen LogP contribution in [0.15, 0.2) is 30.5 Å². The summed E-state index contributed by atoms with van der Waals surface area (Å²) in [7, 11) is 0. The Morgan fingerprint density at radius 2 is 2.05 bits per heavy atom. The SMILES string of the molecule is [2H]C1(N2C(=O)c3cccc(C(C)C)c3C2=O)CCC(=C)NC1=O. The van der Waals surface area contributed by atoms with Crippen LogP contribution in [0.5, 0.6) is 0 Å². The third kappa shape index (κ3) is 2.04. The van der Waals surface area contributed by atoms with Crippen LogP contribution in [0.1, 0.15) is 60.3 Å². The minimum atomic E-state index is -1.93. The number of hydrogen-bond acceptors (Lipinski definition) is 3. The molecule has 1 aromatic carbocycles. The predicted molar refractivity (Wildman–Crippen MR) is 81.3 cm³/mol. The number of nitrogens with one attached hydrogen (secondary N) is 1. The maximum Gasteiger partial charge on any atom is 0.262 e. The molecule has 114 valence electrons. The highest BCUT2D eigenvalue weighted by molar-refractivity contribution is 6.23. The van der Waals surface area contributed by atoms with E-state index in [2.05, 4.69) is 11.9 Å². The first-order valence-corrected chi connectivity index (χ1v) is 7.28. The molecule has 3 amide bonds. The smallest absolute Gasteiger partial charge is 0.262 e. The van der Waals surface area contributed by atoms with Gasteiger partial charge in [0.05, 0.1) is 12.5 Å². The second-order valence-electron chi connectivity index (χ2n) is 5.87. The van der Waals surface area contributed by atoms with Crippen molar-refractivity contribution in [2.75, 3.05) is 0 Å². The van der Waals surface area contributed by atoms with Gasteiger partial charge in [0.25, 0.3) is 11.8 Å². The van der Waals surface area contributed by atoms with Gasteiger partial charge in [0.1, 0.15) is 6.02 Å². The maximum atomic E-state index is 12.8. The van der Waals surface area contributed by atoms with Crippen LogP contribution in [0, 0.1) is 0 Å². The van der Waals surface area contributed by atoms with Crippen molar-refractivity contribution in [3.63, 3.8) is 0 Å². The Labute approximate surface area is 130 Å². The highest BCUT2D eigenvalue weighted by Gasteiger charge is 2.44. The number of amides is 3. The Hall–Kier alpha value is -2.43. The van der Waals surface area contributed by atoms with Gasteiger partial charge in [-0.3, -0.25) is 19.3 Å². The zero-order chi connectivity index (χ0) is 16.9. The van der Waals surface area contributed by atoms with E-state index in [1.807, 2.05) is 13.8 Å². The molecule has 2 aliphatic heterocycles. The standard InChI is InChI=1S/C17H18N2O3/c1-9(2)11-5-4-6-12-14(11)17(22)19(16(12)21)13-8-7-10(3)18-15(13)20/h4-6,9,13H,3,7-8H2,1-2H3,(H,18,20)/i13D. The summed E-state index contributed by atoms with van der Waals surface area (Å²) in [6.45, 7) is 7.54. The molecule has 1 unspecified atom stereocenters. The average molecular weight is 299 g/mol. The molecule has 0 bridgehead atoms. The lowest BCUT2D eigenvalue weighted by Crippen LogP contribution is -2.51. The number of rotatable bonds is 2. The van der Waals surface area contributed by atoms with E-state index in [0.717, 1.165) is 10.5 Å². The van der Waals surface area contributed by atoms with E-state index in [-0.39, 0.29) is 17.9 Å². The number of hydrogen-bond donors (Lipinski definition) is 1. The average Bonchev–Trinajstić information content (AvgIpc) is 2.76. The van der Waals surface area contributed by atoms with Crippen LogP contribution in [-0.4, -0.2) is 28.6 Å². The summed E-state index contributed by atoms with van der Waals surface area (Å²) >= 11 is 0. The van der Waals surface area contributed by atoms with Crippen LogP contribution >= 0.6 is 0 Å². The molecule has 0 saturated carbocycles. The third-order valence-electron chi connectivity index (χ3n) is 4.06. The summed E-state index contributed by atoms with van der Waals surface area (Å²) in [4.78, 5) is 38.6. The first kappa shape index (κ1) is 13.2. The fraction of sp³-hybridized carbons (Fsp3) is 0.353. The number of carbonyl (C=O) groups excluding carboxylic acids is 3. The molecule has 0 radical (unpaired) electrons. The molecular weight excluding hydrogens is 280 g/mol. The van der Waals surface area contributed by atoms with Crippen molar-refractivity contribution in [1.29, 1.82) is 0 Å². The van der Waals surface area contributed by atoms with Crippen LogP contribution in [0.3, 0.4) is 0 Å². The van der Waals surface area contributed by atoms with Gasteiger partial charge in [-0.25, -0.2) is 0 Å². The molecule has 0 aromatic heterocycles. The van der Waals surface area contributed by atoms with E-state index in [1.165, 1.54) is 0 Å². The van der Waals surface area contributed by atoms with Crippen LogP contribution in [0.4, 0.5) is 0 Å². The van der Waals surface area contributed by atoms with Crippen LogP contribution in [0.25, 0.3) is 0 Å². The van der Waals surface area contributed by atoms with Crippen LogP contribution < -0.4 is 5.32 Å². The van der Waals surface area contributed by atoms with Crippen molar-refractivity contribution >= 4 is 17.7 Å². The van der Waals surface area contributed by atoms with Crippen LogP contribution in [0.2, 0.25) is 0 Å². The number of fused-ring (bicyclic) bond motifs is 1. The fourth-order valence-corrected chi connectivity index (χ4v) is 2.93. The molecule has 1 fully saturated rings. The second-order valence-corrected chi connectivity index (χ2v) is 5.87. The molecule has 2 aliphatic rings. The summed E-state index contributed by atoms with van der Waals surface area (Å²) < 4.78 is 8.46. The fourth-order valence-electron chi connectivity index (χ4n) is 2.93. The number of carbonyl (C=O) groups is 3. The topological polar surface area (TPSA) is 66.5 Å². The number of allylic oxidation sites excluding steroid dienone is 1. The van der Waals surface area contributed by atoms with Gasteiger partial charge in [-0.1, -0.05) is 32.6 Å². The first-order chi connectivity index (χ1) is 10.8. The van der Waals surface area contributed by atoms with Crippen molar-refractivity contribution in [2.24, 2.45) is 0 Å². The van der Waals surface area contributed by atoms with E-state index in [9.17, 15) is 14.4 Å². The summed E-state index contributed by atoms with van der Waals surface area (Å²) in [5.41, 5.74) is 1.84. The Morgan fingerprint density at radius 3 is 2.68 bits per heavy atom. The van der Waals surface area contributed by atoms with Gasteiger partial charge in [0.2, 0.25) is 5.91 Å². The Balaban J connectivity index is 2.09. The van der Waals surface area contributed by atoms with Crippen molar-refractivity contribution in [1.82, 2.24) is 10.2 Å². The largest absolute Gasteiger partial charge is 0.329 e. The van der Waals surface area contributed by atoms with Crippen molar-refractivity contribution < 1.29 is 15.8 Å². The highest BCUT2D eigenvalue weighted by Crippen LogP contribution is 2.33. The molecule has 5 nitrogen and oxygen atoms in total. The lowest BCUT2D eigenvalue weighted by Gasteiger charge is -2.29. The van der Waals surface area contributed by atoms with Gasteiger partial charge in [0.15, 0.2) is 0 Å². The Morgan fingerprint density at radius 1 is 1.32 bits per heavy atom. The minimum absolute atomic E-state index is 0.0557. The minimum Gasteiger partial charge on any atom is -0.329 e. The molecular formula is C17H18N2O3. The van der Waals surface area contributed by atoms with E-state index < -0.39 is 23.7 Å². The molecule has 1 saturated heterocycles. The lowest BCUT2D eigenvalue weighted by atomic mass is 9.94. The monoisotopic (exact) mass is 299 g/mol. The molecule has 2 heterocycles. The summed E-state index contributed by atoms with van der Waals surface area (Å²) in [6, 6.07) is 3.17. The number of piperidine rings is 1. The van der Waals surface area contributed by atoms with E-state index >= 15 is 0 Å². The van der Waals surface area contributed by atoms with Crippen molar-refractivity contribution in [2.45, 2.75) is 38.6 Å². The molecule has 0 aliphatic carbocycles. The molecule has 22 heavy (non-hydrogen) atoms. The lowest BCUT2D eigenvalue weighted by molar-refractivity contribution is -0.125. The van der Waals surface area contributed by atoms with Crippen molar-refractivity contribution in [3.8, 4) is 0 Å². The van der Waals surface area contributed by atoms with Gasteiger partial charge < -0.3 is 5.32 Å². The summed E-state index contributed by atoms with van der Waals surface area (Å²) in [6.07, 6.45) is 0.416. The quantitative estimate of drug-likeness (QED) is 0.851. The van der Waals surface area contributed by atoms with E-state index in [0.29, 0.717) is 17.7 Å². The number of benzene rings is 1. The van der Waals surface area contributed by atoms with Crippen LogP contribution in [-0.2, 0) is 4.79 Å². The van der Waals surface area contributed by atoms with Crippen molar-refractivity contribution in [3.05, 3.63) is 47.2 Å². The summed E-state index contributed by atoms with van der Waals surface area (Å²) in [5.74, 6) is -1.77. The highest BCUT2D eigenvalue weighted by atomic mass is 16.2. The zero-order valence-electron chi connectivity index (χ0n) is 13.6. The molecule has 3 rings (SSSR count). The molecule has 1 atom stereocenters. The van der Waals surface area contributed by atoms with Gasteiger partial charge >= 0.3 is 0 Å². The second kappa shape index (κ2) is 5.09. The molecule has 1 aromatic rings. The Bertz CT molecular complexity index is 756. The summed E-state index contributed by atoms with van der Waals surface area (Å²) in [5, 5.41) is 2.48. The van der Waals surface area contributed by atoms with E-state index in [1.54, 1.807) is 18.2 Å². The molecule has 0 spiro atoms. The van der Waals surface area contributed by atoms with Gasteiger partial charge in [-0.05, 0) is 30.4 Å². The van der Waals surface area contributed by atoms with Gasteiger partial charge in [-0.15, -0.1) is 0 Å². The Kier molecular flexibility index (Phi) is 3.06. The predicted octanol–water partition coefficient (Wildman–Crippen LogP) is 2.20.